The Morgan fingerprint density at radius 3 is 2.69 bits per heavy atom. The quantitative estimate of drug-likeness (QED) is 0.660. The van der Waals surface area contributed by atoms with Gasteiger partial charge >= 0.3 is 0 Å². The average molecular weight is 450 g/mol. The number of sulfonamides is 1. The van der Waals surface area contributed by atoms with Crippen molar-refractivity contribution in [2.45, 2.75) is 43.2 Å². The molecular formula is C25H27N3O3S. The molecule has 6 nitrogen and oxygen atoms in total. The minimum absolute atomic E-state index is 0.0214. The van der Waals surface area contributed by atoms with Gasteiger partial charge in [-0.15, -0.1) is 0 Å². The van der Waals surface area contributed by atoms with Gasteiger partial charge in [-0.2, -0.15) is 0 Å². The van der Waals surface area contributed by atoms with Crippen LogP contribution in [0.15, 0.2) is 65.6 Å². The fourth-order valence-corrected chi connectivity index (χ4v) is 5.89. The summed E-state index contributed by atoms with van der Waals surface area (Å²) >= 11 is 0. The van der Waals surface area contributed by atoms with Crippen LogP contribution in [0.4, 0.5) is 5.69 Å². The second kappa shape index (κ2) is 7.99. The Kier molecular flexibility index (Phi) is 5.28. The number of carbonyl (C=O) groups excluding carboxylic acids is 1. The standard InChI is InChI=1S/C25H27N3O3S/c1-17-14-19-15-20(32(26,30)31)11-12-23(19)28(17)25(29)16-27-13-5-10-24(27)22-9-4-7-18-6-2-3-8-21(18)22/h2-4,6-9,11-12,15,17,24H,5,10,13-14,16H2,1H3,(H2,26,30,31). The lowest BCUT2D eigenvalue weighted by atomic mass is 9.97. The maximum atomic E-state index is 13.4. The van der Waals surface area contributed by atoms with Gasteiger partial charge in [0.25, 0.3) is 0 Å². The van der Waals surface area contributed by atoms with Gasteiger partial charge in [-0.25, -0.2) is 13.6 Å². The average Bonchev–Trinajstić information content (AvgIpc) is 3.35. The van der Waals surface area contributed by atoms with E-state index in [1.165, 1.54) is 22.4 Å². The van der Waals surface area contributed by atoms with Crippen molar-refractivity contribution in [1.29, 1.82) is 0 Å². The van der Waals surface area contributed by atoms with E-state index in [1.54, 1.807) is 12.1 Å². The molecule has 3 aromatic carbocycles. The Morgan fingerprint density at radius 1 is 1.09 bits per heavy atom. The molecule has 7 heteroatoms. The molecule has 0 saturated carbocycles. The first kappa shape index (κ1) is 21.1. The van der Waals surface area contributed by atoms with E-state index in [2.05, 4.69) is 47.4 Å². The smallest absolute Gasteiger partial charge is 0.241 e. The fraction of sp³-hybridized carbons (Fsp3) is 0.320. The molecule has 1 fully saturated rings. The highest BCUT2D eigenvalue weighted by molar-refractivity contribution is 7.89. The lowest BCUT2D eigenvalue weighted by Crippen LogP contribution is -2.43. The number of hydrogen-bond acceptors (Lipinski definition) is 4. The topological polar surface area (TPSA) is 83.7 Å². The molecule has 2 atom stereocenters. The second-order valence-electron chi connectivity index (χ2n) is 8.85. The summed E-state index contributed by atoms with van der Waals surface area (Å²) in [5, 5.41) is 7.75. The van der Waals surface area contributed by atoms with E-state index in [-0.39, 0.29) is 22.9 Å². The van der Waals surface area contributed by atoms with Crippen molar-refractivity contribution >= 4 is 32.4 Å². The normalized spacial score (nSPS) is 21.2. The molecule has 2 N–H and O–H groups in total. The van der Waals surface area contributed by atoms with Crippen LogP contribution in [0.2, 0.25) is 0 Å². The summed E-state index contributed by atoms with van der Waals surface area (Å²) in [5.74, 6) is 0.0479. The summed E-state index contributed by atoms with van der Waals surface area (Å²) in [7, 11) is -3.77. The molecule has 0 radical (unpaired) electrons. The van der Waals surface area contributed by atoms with Crippen LogP contribution in [0.5, 0.6) is 0 Å². The van der Waals surface area contributed by atoms with Crippen LogP contribution < -0.4 is 10.0 Å². The minimum atomic E-state index is -3.77. The van der Waals surface area contributed by atoms with Crippen LogP contribution >= 0.6 is 0 Å². The van der Waals surface area contributed by atoms with Gasteiger partial charge < -0.3 is 4.90 Å². The molecule has 0 aliphatic carbocycles. The molecule has 5 rings (SSSR count). The summed E-state index contributed by atoms with van der Waals surface area (Å²) in [6.45, 7) is 3.23. The second-order valence-corrected chi connectivity index (χ2v) is 10.4. The largest absolute Gasteiger partial charge is 0.308 e. The third kappa shape index (κ3) is 3.70. The van der Waals surface area contributed by atoms with Crippen LogP contribution in [-0.2, 0) is 21.2 Å². The molecule has 2 aliphatic heterocycles. The van der Waals surface area contributed by atoms with Crippen molar-refractivity contribution in [3.63, 3.8) is 0 Å². The lowest BCUT2D eigenvalue weighted by molar-refractivity contribution is -0.120. The zero-order valence-electron chi connectivity index (χ0n) is 18.1. The van der Waals surface area contributed by atoms with Crippen molar-refractivity contribution in [1.82, 2.24) is 4.90 Å². The van der Waals surface area contributed by atoms with E-state index >= 15 is 0 Å². The first-order chi connectivity index (χ1) is 15.3. The molecule has 2 heterocycles. The monoisotopic (exact) mass is 449 g/mol. The number of nitrogens with two attached hydrogens (primary N) is 1. The van der Waals surface area contributed by atoms with Gasteiger partial charge in [-0.1, -0.05) is 42.5 Å². The zero-order valence-corrected chi connectivity index (χ0v) is 18.9. The highest BCUT2D eigenvalue weighted by Crippen LogP contribution is 2.37. The maximum absolute atomic E-state index is 13.4. The third-order valence-electron chi connectivity index (χ3n) is 6.75. The van der Waals surface area contributed by atoms with Gasteiger partial charge in [0.05, 0.1) is 11.4 Å². The summed E-state index contributed by atoms with van der Waals surface area (Å²) in [4.78, 5) is 17.6. The van der Waals surface area contributed by atoms with Gasteiger partial charge in [0.2, 0.25) is 15.9 Å². The Morgan fingerprint density at radius 2 is 1.88 bits per heavy atom. The summed E-state index contributed by atoms with van der Waals surface area (Å²) in [6, 6.07) is 19.8. The Bertz CT molecular complexity index is 1300. The van der Waals surface area contributed by atoms with Crippen LogP contribution in [0.3, 0.4) is 0 Å². The van der Waals surface area contributed by atoms with Crippen molar-refractivity contribution in [3.8, 4) is 0 Å². The first-order valence-electron chi connectivity index (χ1n) is 11.0. The van der Waals surface area contributed by atoms with Crippen LogP contribution in [0, 0.1) is 0 Å². The van der Waals surface area contributed by atoms with Crippen LogP contribution in [0.1, 0.15) is 36.9 Å². The van der Waals surface area contributed by atoms with E-state index in [4.69, 9.17) is 5.14 Å². The molecule has 2 unspecified atom stereocenters. The van der Waals surface area contributed by atoms with Crippen molar-refractivity contribution < 1.29 is 13.2 Å². The van der Waals surface area contributed by atoms with E-state index in [9.17, 15) is 13.2 Å². The Balaban J connectivity index is 1.40. The summed E-state index contributed by atoms with van der Waals surface area (Å²) < 4.78 is 23.4. The van der Waals surface area contributed by atoms with E-state index < -0.39 is 10.0 Å². The predicted octanol–water partition coefficient (Wildman–Crippen LogP) is 3.60. The van der Waals surface area contributed by atoms with Crippen molar-refractivity contribution in [2.24, 2.45) is 5.14 Å². The number of hydrogen-bond donors (Lipinski definition) is 1. The van der Waals surface area contributed by atoms with Crippen LogP contribution in [0.25, 0.3) is 10.8 Å². The number of benzene rings is 3. The first-order valence-corrected chi connectivity index (χ1v) is 12.6. The Hall–Kier alpha value is -2.74. The molecule has 32 heavy (non-hydrogen) atoms. The molecule has 2 aliphatic rings. The molecular weight excluding hydrogens is 422 g/mol. The molecule has 166 valence electrons. The highest BCUT2D eigenvalue weighted by atomic mass is 32.2. The Labute approximate surface area is 188 Å². The van der Waals surface area contributed by atoms with Gasteiger partial charge in [-0.05, 0) is 72.8 Å². The van der Waals surface area contributed by atoms with Crippen molar-refractivity contribution in [2.75, 3.05) is 18.0 Å². The van der Waals surface area contributed by atoms with E-state index in [0.717, 1.165) is 30.6 Å². The van der Waals surface area contributed by atoms with E-state index in [1.807, 2.05) is 11.8 Å². The number of nitrogens with zero attached hydrogens (tertiary/aromatic N) is 2. The number of primary sulfonamides is 1. The SMILES string of the molecule is CC1Cc2cc(S(N)(=O)=O)ccc2N1C(=O)CN1CCCC1c1cccc2ccccc12. The van der Waals surface area contributed by atoms with Gasteiger partial charge in [0.1, 0.15) is 0 Å². The number of fused-ring (bicyclic) bond motifs is 2. The fourth-order valence-electron chi connectivity index (χ4n) is 5.32. The molecule has 0 aromatic heterocycles. The maximum Gasteiger partial charge on any atom is 0.241 e. The van der Waals surface area contributed by atoms with Gasteiger partial charge in [0, 0.05) is 17.8 Å². The van der Waals surface area contributed by atoms with Gasteiger partial charge in [0.15, 0.2) is 0 Å². The molecule has 0 spiro atoms. The number of amides is 1. The molecule has 0 bridgehead atoms. The van der Waals surface area contributed by atoms with Crippen molar-refractivity contribution in [3.05, 3.63) is 71.8 Å². The van der Waals surface area contributed by atoms with Crippen LogP contribution in [-0.4, -0.2) is 38.4 Å². The highest BCUT2D eigenvalue weighted by Gasteiger charge is 2.35. The minimum Gasteiger partial charge on any atom is -0.308 e. The third-order valence-corrected chi connectivity index (χ3v) is 7.66. The van der Waals surface area contributed by atoms with E-state index in [0.29, 0.717) is 13.0 Å². The summed E-state index contributed by atoms with van der Waals surface area (Å²) in [6.07, 6.45) is 2.72. The van der Waals surface area contributed by atoms with Gasteiger partial charge in [-0.3, -0.25) is 9.69 Å². The molecule has 3 aromatic rings. The number of likely N-dealkylation sites (tertiary alicyclic amines) is 1. The molecule has 1 amide bonds. The number of anilines is 1. The number of carbonyl (C=O) groups is 1. The summed E-state index contributed by atoms with van der Waals surface area (Å²) in [5.41, 5.74) is 2.92. The predicted molar refractivity (Wildman–Crippen MR) is 126 cm³/mol. The zero-order chi connectivity index (χ0) is 22.5. The lowest BCUT2D eigenvalue weighted by Gasteiger charge is -2.29. The molecule has 1 saturated heterocycles. The number of rotatable bonds is 4.